The van der Waals surface area contributed by atoms with Crippen molar-refractivity contribution in [1.82, 2.24) is 4.90 Å². The fourth-order valence-corrected chi connectivity index (χ4v) is 1.70. The molecule has 0 bridgehead atoms. The second-order valence-corrected chi connectivity index (χ2v) is 5.24. The molecule has 88 valence electrons. The van der Waals surface area contributed by atoms with Crippen molar-refractivity contribution in [2.75, 3.05) is 13.1 Å². The number of nitrogens with zero attached hydrogens (tertiary/aromatic N) is 1. The number of hydrogen-bond donors (Lipinski definition) is 0. The van der Waals surface area contributed by atoms with Gasteiger partial charge in [-0.3, -0.25) is 0 Å². The molecule has 0 aromatic carbocycles. The second-order valence-electron chi connectivity index (χ2n) is 5.24. The van der Waals surface area contributed by atoms with Crippen LogP contribution in [-0.4, -0.2) is 35.4 Å². The monoisotopic (exact) mass is 217 g/mol. The molecule has 1 rings (SSSR count). The lowest BCUT2D eigenvalue weighted by Gasteiger charge is -2.44. The van der Waals surface area contributed by atoms with E-state index in [-0.39, 0.29) is 13.1 Å². The molecule has 0 radical (unpaired) electrons. The first-order valence-corrected chi connectivity index (χ1v) is 5.43. The van der Waals surface area contributed by atoms with E-state index in [1.807, 2.05) is 6.92 Å². The molecule has 1 saturated heterocycles. The highest BCUT2D eigenvalue weighted by molar-refractivity contribution is 5.69. The maximum absolute atomic E-state index is 13.7. The van der Waals surface area contributed by atoms with Gasteiger partial charge in [-0.25, -0.2) is 9.18 Å². The van der Waals surface area contributed by atoms with Crippen molar-refractivity contribution >= 4 is 6.09 Å². The number of hydrogen-bond acceptors (Lipinski definition) is 2. The Balaban J connectivity index is 2.35. The summed E-state index contributed by atoms with van der Waals surface area (Å²) in [6, 6.07) is 0. The minimum atomic E-state index is -1.17. The summed E-state index contributed by atoms with van der Waals surface area (Å²) in [6.07, 6.45) is 0.914. The molecule has 1 heterocycles. The Morgan fingerprint density at radius 3 is 2.40 bits per heavy atom. The van der Waals surface area contributed by atoms with Crippen LogP contribution in [0.1, 0.15) is 40.5 Å². The van der Waals surface area contributed by atoms with E-state index in [4.69, 9.17) is 4.74 Å². The van der Waals surface area contributed by atoms with Crippen molar-refractivity contribution in [3.05, 3.63) is 0 Å². The number of ether oxygens (including phenoxy) is 1. The Bertz CT molecular complexity index is 241. The summed E-state index contributed by atoms with van der Waals surface area (Å²) >= 11 is 0. The number of carbonyl (C=O) groups excluding carboxylic acids is 1. The highest BCUT2D eigenvalue weighted by Gasteiger charge is 2.46. The van der Waals surface area contributed by atoms with Crippen LogP contribution in [-0.2, 0) is 4.74 Å². The van der Waals surface area contributed by atoms with E-state index in [1.165, 1.54) is 4.90 Å². The fourth-order valence-electron chi connectivity index (χ4n) is 1.70. The molecule has 0 N–H and O–H groups in total. The molecule has 0 unspecified atom stereocenters. The Hall–Kier alpha value is -0.800. The molecule has 0 aromatic heterocycles. The van der Waals surface area contributed by atoms with Gasteiger partial charge in [-0.2, -0.15) is 0 Å². The van der Waals surface area contributed by atoms with Gasteiger partial charge in [-0.1, -0.05) is 13.3 Å². The van der Waals surface area contributed by atoms with Gasteiger partial charge in [0.1, 0.15) is 11.3 Å². The van der Waals surface area contributed by atoms with Crippen molar-refractivity contribution in [3.63, 3.8) is 0 Å². The smallest absolute Gasteiger partial charge is 0.410 e. The topological polar surface area (TPSA) is 29.5 Å². The Kier molecular flexibility index (Phi) is 3.26. The summed E-state index contributed by atoms with van der Waals surface area (Å²) in [5.41, 5.74) is -1.68. The Labute approximate surface area is 90.6 Å². The van der Waals surface area contributed by atoms with E-state index in [9.17, 15) is 9.18 Å². The zero-order chi connectivity index (χ0) is 11.7. The minimum absolute atomic E-state index is 0.176. The number of likely N-dealkylation sites (tertiary alicyclic amines) is 1. The predicted molar refractivity (Wildman–Crippen MR) is 56.6 cm³/mol. The molecule has 3 nitrogen and oxygen atoms in total. The molecule has 4 heteroatoms. The van der Waals surface area contributed by atoms with Crippen LogP contribution >= 0.6 is 0 Å². The second kappa shape index (κ2) is 3.99. The number of amides is 1. The van der Waals surface area contributed by atoms with Crippen LogP contribution in [0.5, 0.6) is 0 Å². The van der Waals surface area contributed by atoms with Crippen molar-refractivity contribution in [1.29, 1.82) is 0 Å². The summed E-state index contributed by atoms with van der Waals surface area (Å²) in [5.74, 6) is 0. The summed E-state index contributed by atoms with van der Waals surface area (Å²) in [4.78, 5) is 12.9. The van der Waals surface area contributed by atoms with Crippen LogP contribution in [0.2, 0.25) is 0 Å². The van der Waals surface area contributed by atoms with Gasteiger partial charge in [0.05, 0.1) is 13.1 Å². The molecule has 1 aliphatic rings. The van der Waals surface area contributed by atoms with Crippen molar-refractivity contribution in [2.45, 2.75) is 51.8 Å². The average Bonchev–Trinajstić information content (AvgIpc) is 1.96. The molecule has 1 amide bonds. The largest absolute Gasteiger partial charge is 0.444 e. The molecule has 0 aromatic rings. The van der Waals surface area contributed by atoms with E-state index in [1.54, 1.807) is 20.8 Å². The van der Waals surface area contributed by atoms with Crippen molar-refractivity contribution < 1.29 is 13.9 Å². The number of alkyl halides is 1. The molecular formula is C11H20FNO2. The van der Waals surface area contributed by atoms with Crippen LogP contribution in [0.15, 0.2) is 0 Å². The normalized spacial score (nSPS) is 19.7. The highest BCUT2D eigenvalue weighted by atomic mass is 19.1. The quantitative estimate of drug-likeness (QED) is 0.711. The van der Waals surface area contributed by atoms with Crippen molar-refractivity contribution in [2.24, 2.45) is 0 Å². The molecule has 15 heavy (non-hydrogen) atoms. The average molecular weight is 217 g/mol. The van der Waals surface area contributed by atoms with Gasteiger partial charge < -0.3 is 9.64 Å². The SMILES string of the molecule is CCCC1(F)CN(C(=O)OC(C)(C)C)C1. The summed E-state index contributed by atoms with van der Waals surface area (Å²) < 4.78 is 18.8. The lowest BCUT2D eigenvalue weighted by Crippen LogP contribution is -2.61. The van der Waals surface area contributed by atoms with Crippen LogP contribution in [0.3, 0.4) is 0 Å². The number of halogens is 1. The van der Waals surface area contributed by atoms with E-state index < -0.39 is 17.4 Å². The van der Waals surface area contributed by atoms with Gasteiger partial charge in [-0.05, 0) is 27.2 Å². The highest BCUT2D eigenvalue weighted by Crippen LogP contribution is 2.31. The third kappa shape index (κ3) is 3.36. The van der Waals surface area contributed by atoms with Crippen LogP contribution in [0, 0.1) is 0 Å². The van der Waals surface area contributed by atoms with Crippen LogP contribution in [0.25, 0.3) is 0 Å². The first kappa shape index (κ1) is 12.3. The molecule has 0 saturated carbocycles. The maximum atomic E-state index is 13.7. The van der Waals surface area contributed by atoms with Gasteiger partial charge in [-0.15, -0.1) is 0 Å². The standard InChI is InChI=1S/C11H20FNO2/c1-5-6-11(12)7-13(8-11)9(14)15-10(2,3)4/h5-8H2,1-4H3. The number of carbonyl (C=O) groups is 1. The first-order valence-electron chi connectivity index (χ1n) is 5.43. The third-order valence-electron chi connectivity index (χ3n) is 2.30. The molecule has 0 aliphatic carbocycles. The lowest BCUT2D eigenvalue weighted by molar-refractivity contribution is -0.0544. The van der Waals surface area contributed by atoms with Gasteiger partial charge >= 0.3 is 6.09 Å². The third-order valence-corrected chi connectivity index (χ3v) is 2.30. The lowest BCUT2D eigenvalue weighted by atomic mass is 9.92. The van der Waals surface area contributed by atoms with Gasteiger partial charge in [0.15, 0.2) is 0 Å². The Morgan fingerprint density at radius 2 is 2.00 bits per heavy atom. The molecular weight excluding hydrogens is 197 g/mol. The molecule has 1 fully saturated rings. The van der Waals surface area contributed by atoms with E-state index in [0.717, 1.165) is 6.42 Å². The first-order chi connectivity index (χ1) is 6.76. The fraction of sp³-hybridized carbons (Fsp3) is 0.909. The van der Waals surface area contributed by atoms with E-state index >= 15 is 0 Å². The van der Waals surface area contributed by atoms with Crippen LogP contribution in [0.4, 0.5) is 9.18 Å². The van der Waals surface area contributed by atoms with Gasteiger partial charge in [0.2, 0.25) is 0 Å². The van der Waals surface area contributed by atoms with E-state index in [0.29, 0.717) is 6.42 Å². The van der Waals surface area contributed by atoms with Crippen LogP contribution < -0.4 is 0 Å². The maximum Gasteiger partial charge on any atom is 0.410 e. The minimum Gasteiger partial charge on any atom is -0.444 e. The van der Waals surface area contributed by atoms with Gasteiger partial charge in [0, 0.05) is 0 Å². The predicted octanol–water partition coefficient (Wildman–Crippen LogP) is 2.75. The molecule has 0 spiro atoms. The van der Waals surface area contributed by atoms with Crippen molar-refractivity contribution in [3.8, 4) is 0 Å². The zero-order valence-corrected chi connectivity index (χ0v) is 9.97. The molecule has 0 atom stereocenters. The molecule has 1 aliphatic heterocycles. The number of rotatable bonds is 2. The Morgan fingerprint density at radius 1 is 1.47 bits per heavy atom. The summed E-state index contributed by atoms with van der Waals surface area (Å²) in [5, 5.41) is 0. The summed E-state index contributed by atoms with van der Waals surface area (Å²) in [6.45, 7) is 7.71. The summed E-state index contributed by atoms with van der Waals surface area (Å²) in [7, 11) is 0. The van der Waals surface area contributed by atoms with Gasteiger partial charge in [0.25, 0.3) is 0 Å². The zero-order valence-electron chi connectivity index (χ0n) is 9.97. The van der Waals surface area contributed by atoms with E-state index in [2.05, 4.69) is 0 Å².